The molecule has 6 N–H and O–H groups in total. The van der Waals surface area contributed by atoms with Crippen LogP contribution in [0.5, 0.6) is 0 Å². The van der Waals surface area contributed by atoms with Crippen LogP contribution >= 0.6 is 12.4 Å². The number of amides is 1. The minimum Gasteiger partial charge on any atom is -0.352 e. The number of benzene rings is 2. The number of para-hydroxylation sites is 2. The number of hydrogen-bond donors (Lipinski definition) is 5. The van der Waals surface area contributed by atoms with Gasteiger partial charge in [0, 0.05) is 17.3 Å². The average Bonchev–Trinajstić information content (AvgIpc) is 2.88. The predicted molar refractivity (Wildman–Crippen MR) is 154 cm³/mol. The lowest BCUT2D eigenvalue weighted by molar-refractivity contribution is 0.0956. The number of aromatic nitrogens is 1. The van der Waals surface area contributed by atoms with Gasteiger partial charge in [-0.1, -0.05) is 36.4 Å². The highest BCUT2D eigenvalue weighted by Crippen LogP contribution is 2.25. The van der Waals surface area contributed by atoms with Gasteiger partial charge in [0.2, 0.25) is 0 Å². The van der Waals surface area contributed by atoms with Crippen LogP contribution in [0.4, 0.5) is 0 Å². The van der Waals surface area contributed by atoms with Crippen LogP contribution in [0.3, 0.4) is 0 Å². The third kappa shape index (κ3) is 9.99. The summed E-state index contributed by atoms with van der Waals surface area (Å²) in [6.07, 6.45) is 6.60. The first-order chi connectivity index (χ1) is 17.3. The number of nitrogens with zero attached hydrogens (tertiary/aromatic N) is 1. The highest BCUT2D eigenvalue weighted by Gasteiger charge is 2.15. The summed E-state index contributed by atoms with van der Waals surface area (Å²) in [5.41, 5.74) is 7.90. The molecule has 0 spiro atoms. The SMILES string of the molecule is Cl.NCCCNCCCCNCCCNCCCCNC(=O)c1c2ccccc2nc2ccccc12. The van der Waals surface area contributed by atoms with E-state index >= 15 is 0 Å². The lowest BCUT2D eigenvalue weighted by atomic mass is 10.0. The maximum atomic E-state index is 13.1. The molecule has 0 bridgehead atoms. The highest BCUT2D eigenvalue weighted by molar-refractivity contribution is 6.16. The topological polar surface area (TPSA) is 104 Å². The summed E-state index contributed by atoms with van der Waals surface area (Å²) in [7, 11) is 0. The van der Waals surface area contributed by atoms with Gasteiger partial charge in [0.05, 0.1) is 16.6 Å². The quantitative estimate of drug-likeness (QED) is 0.131. The third-order valence-corrected chi connectivity index (χ3v) is 6.10. The number of nitrogens with one attached hydrogen (secondary N) is 4. The Bertz CT molecular complexity index is 977. The van der Waals surface area contributed by atoms with E-state index in [4.69, 9.17) is 10.7 Å². The molecule has 0 atom stereocenters. The van der Waals surface area contributed by atoms with E-state index in [1.165, 1.54) is 12.8 Å². The molecule has 0 aliphatic rings. The Morgan fingerprint density at radius 1 is 0.639 bits per heavy atom. The van der Waals surface area contributed by atoms with Crippen molar-refractivity contribution in [1.29, 1.82) is 0 Å². The molecule has 36 heavy (non-hydrogen) atoms. The molecular formula is C28H43ClN6O. The molecule has 1 aromatic heterocycles. The molecule has 1 amide bonds. The largest absolute Gasteiger partial charge is 0.352 e. The molecule has 3 rings (SSSR count). The number of carbonyl (C=O) groups excluding carboxylic acids is 1. The van der Waals surface area contributed by atoms with E-state index in [1.54, 1.807) is 0 Å². The van der Waals surface area contributed by atoms with E-state index in [0.717, 1.165) is 98.9 Å². The zero-order valence-electron chi connectivity index (χ0n) is 21.4. The number of unbranched alkanes of at least 4 members (excludes halogenated alkanes) is 2. The van der Waals surface area contributed by atoms with Crippen molar-refractivity contribution in [3.8, 4) is 0 Å². The first-order valence-electron chi connectivity index (χ1n) is 13.2. The van der Waals surface area contributed by atoms with Crippen molar-refractivity contribution in [3.63, 3.8) is 0 Å². The van der Waals surface area contributed by atoms with Crippen LogP contribution in [-0.2, 0) is 0 Å². The second-order valence-electron chi connectivity index (χ2n) is 8.94. The van der Waals surface area contributed by atoms with Crippen LogP contribution < -0.4 is 27.0 Å². The standard InChI is InChI=1S/C28H42N6O.ClH/c29-15-9-19-30-16-5-6-17-31-20-10-21-32-18-7-8-22-33-28(35)27-23-11-1-3-13-25(23)34-26-14-4-2-12-24(26)27;/h1-4,11-14,30-32H,5-10,15-22,29H2,(H,33,35);1H. The fourth-order valence-electron chi connectivity index (χ4n) is 4.19. The Labute approximate surface area is 221 Å². The van der Waals surface area contributed by atoms with E-state index in [1.807, 2.05) is 48.5 Å². The van der Waals surface area contributed by atoms with Crippen molar-refractivity contribution < 1.29 is 4.79 Å². The first-order valence-corrected chi connectivity index (χ1v) is 13.2. The summed E-state index contributed by atoms with van der Waals surface area (Å²) in [4.78, 5) is 17.8. The maximum absolute atomic E-state index is 13.1. The second-order valence-corrected chi connectivity index (χ2v) is 8.94. The summed E-state index contributed by atoms with van der Waals surface area (Å²) in [6.45, 7) is 7.69. The summed E-state index contributed by atoms with van der Waals surface area (Å²) in [5.74, 6) is -0.0230. The number of halogens is 1. The molecule has 198 valence electrons. The molecule has 7 nitrogen and oxygen atoms in total. The van der Waals surface area contributed by atoms with E-state index < -0.39 is 0 Å². The number of pyridine rings is 1. The van der Waals surface area contributed by atoms with Crippen molar-refractivity contribution in [2.24, 2.45) is 5.73 Å². The third-order valence-electron chi connectivity index (χ3n) is 6.10. The molecule has 2 aromatic carbocycles. The van der Waals surface area contributed by atoms with Crippen molar-refractivity contribution in [1.82, 2.24) is 26.3 Å². The van der Waals surface area contributed by atoms with Gasteiger partial charge in [-0.15, -0.1) is 12.4 Å². The van der Waals surface area contributed by atoms with Crippen LogP contribution in [-0.4, -0.2) is 63.2 Å². The predicted octanol–water partition coefficient (Wildman–Crippen LogP) is 3.61. The Hall–Kier alpha value is -2.29. The lowest BCUT2D eigenvalue weighted by Gasteiger charge is -2.11. The summed E-state index contributed by atoms with van der Waals surface area (Å²) >= 11 is 0. The Balaban J connectivity index is 0.00000456. The Morgan fingerprint density at radius 2 is 1.08 bits per heavy atom. The zero-order valence-corrected chi connectivity index (χ0v) is 22.2. The molecule has 0 saturated heterocycles. The van der Waals surface area contributed by atoms with Gasteiger partial charge in [-0.2, -0.15) is 0 Å². The van der Waals surface area contributed by atoms with E-state index in [2.05, 4.69) is 21.3 Å². The zero-order chi connectivity index (χ0) is 24.6. The number of rotatable bonds is 18. The lowest BCUT2D eigenvalue weighted by Crippen LogP contribution is -2.27. The number of carbonyl (C=O) groups is 1. The van der Waals surface area contributed by atoms with E-state index in [9.17, 15) is 4.79 Å². The number of hydrogen-bond acceptors (Lipinski definition) is 6. The molecular weight excluding hydrogens is 472 g/mol. The van der Waals surface area contributed by atoms with E-state index in [0.29, 0.717) is 6.54 Å². The fourth-order valence-corrected chi connectivity index (χ4v) is 4.19. The van der Waals surface area contributed by atoms with Gasteiger partial charge in [-0.25, -0.2) is 4.98 Å². The smallest absolute Gasteiger partial charge is 0.252 e. The average molecular weight is 515 g/mol. The van der Waals surface area contributed by atoms with Gasteiger partial charge < -0.3 is 27.0 Å². The maximum Gasteiger partial charge on any atom is 0.252 e. The fraction of sp³-hybridized carbons (Fsp3) is 0.500. The van der Waals surface area contributed by atoms with Gasteiger partial charge in [-0.3, -0.25) is 4.79 Å². The van der Waals surface area contributed by atoms with Crippen molar-refractivity contribution in [2.75, 3.05) is 52.4 Å². The molecule has 8 heteroatoms. The van der Waals surface area contributed by atoms with Crippen LogP contribution in [0.2, 0.25) is 0 Å². The van der Waals surface area contributed by atoms with Crippen LogP contribution in [0.25, 0.3) is 21.8 Å². The molecule has 3 aromatic rings. The normalized spacial score (nSPS) is 11.0. The summed E-state index contributed by atoms with van der Waals surface area (Å²) < 4.78 is 0. The van der Waals surface area contributed by atoms with Gasteiger partial charge in [0.25, 0.3) is 5.91 Å². The van der Waals surface area contributed by atoms with Gasteiger partial charge in [0.1, 0.15) is 0 Å². The molecule has 0 unspecified atom stereocenters. The minimum atomic E-state index is -0.0230. The Morgan fingerprint density at radius 3 is 1.61 bits per heavy atom. The highest BCUT2D eigenvalue weighted by atomic mass is 35.5. The second kappa shape index (κ2) is 18.0. The van der Waals surface area contributed by atoms with Crippen molar-refractivity contribution >= 4 is 40.1 Å². The van der Waals surface area contributed by atoms with Crippen LogP contribution in [0.1, 0.15) is 48.9 Å². The number of nitrogens with two attached hydrogens (primary N) is 1. The first kappa shape index (κ1) is 29.9. The molecule has 1 heterocycles. The van der Waals surface area contributed by atoms with Gasteiger partial charge >= 0.3 is 0 Å². The van der Waals surface area contributed by atoms with Crippen molar-refractivity contribution in [2.45, 2.75) is 38.5 Å². The van der Waals surface area contributed by atoms with E-state index in [-0.39, 0.29) is 18.3 Å². The molecule has 0 saturated carbocycles. The summed E-state index contributed by atoms with van der Waals surface area (Å²) in [6, 6.07) is 15.7. The van der Waals surface area contributed by atoms with Crippen molar-refractivity contribution in [3.05, 3.63) is 54.1 Å². The number of fused-ring (bicyclic) bond motifs is 2. The van der Waals surface area contributed by atoms with Gasteiger partial charge in [-0.05, 0) is 96.5 Å². The monoisotopic (exact) mass is 514 g/mol. The molecule has 0 aliphatic heterocycles. The van der Waals surface area contributed by atoms with Crippen LogP contribution in [0, 0.1) is 0 Å². The Kier molecular flexibility index (Phi) is 15.0. The molecule has 0 aliphatic carbocycles. The molecule has 0 fully saturated rings. The van der Waals surface area contributed by atoms with Crippen LogP contribution in [0.15, 0.2) is 48.5 Å². The van der Waals surface area contributed by atoms with Gasteiger partial charge in [0.15, 0.2) is 0 Å². The summed E-state index contributed by atoms with van der Waals surface area (Å²) in [5, 5.41) is 15.3. The minimum absolute atomic E-state index is 0. The molecule has 0 radical (unpaired) electrons.